The fourth-order valence-electron chi connectivity index (χ4n) is 4.95. The zero-order valence-corrected chi connectivity index (χ0v) is 23.7. The molecule has 1 fully saturated rings. The molecule has 1 amide bonds. The van der Waals surface area contributed by atoms with Crippen molar-refractivity contribution in [1.29, 1.82) is 0 Å². The van der Waals surface area contributed by atoms with Crippen LogP contribution in [0.15, 0.2) is 88.6 Å². The number of carbonyl (C=O) groups excluding carboxylic acids is 1. The Bertz CT molecular complexity index is 1680. The summed E-state index contributed by atoms with van der Waals surface area (Å²) < 4.78 is 30.8. The van der Waals surface area contributed by atoms with Crippen molar-refractivity contribution in [3.63, 3.8) is 0 Å². The Balaban J connectivity index is 1.24. The summed E-state index contributed by atoms with van der Waals surface area (Å²) in [5.74, 6) is -0.359. The number of carbonyl (C=O) groups is 1. The van der Waals surface area contributed by atoms with Crippen LogP contribution in [0, 0.1) is 13.8 Å². The first kappa shape index (κ1) is 27.6. The van der Waals surface area contributed by atoms with Crippen molar-refractivity contribution < 1.29 is 13.2 Å². The lowest BCUT2D eigenvalue weighted by Crippen LogP contribution is -2.48. The largest absolute Gasteiger partial charge is 0.316 e. The van der Waals surface area contributed by atoms with Crippen molar-refractivity contribution in [3.05, 3.63) is 112 Å². The Morgan fingerprint density at radius 2 is 1.55 bits per heavy atom. The summed E-state index contributed by atoms with van der Waals surface area (Å²) in [5, 5.41) is 2.82. The van der Waals surface area contributed by atoms with Crippen LogP contribution in [0.25, 0.3) is 5.69 Å². The molecule has 5 rings (SSSR count). The zero-order valence-electron chi connectivity index (χ0n) is 22.9. The van der Waals surface area contributed by atoms with Crippen LogP contribution in [0.4, 0.5) is 5.69 Å². The van der Waals surface area contributed by atoms with E-state index in [1.165, 1.54) is 8.99 Å². The maximum atomic E-state index is 13.2. The summed E-state index contributed by atoms with van der Waals surface area (Å²) >= 11 is 0. The van der Waals surface area contributed by atoms with Crippen LogP contribution in [0.3, 0.4) is 0 Å². The van der Waals surface area contributed by atoms with Gasteiger partial charge in [0.05, 0.1) is 16.3 Å². The Morgan fingerprint density at radius 1 is 0.875 bits per heavy atom. The minimum Gasteiger partial charge on any atom is -0.316 e. The van der Waals surface area contributed by atoms with E-state index in [0.717, 1.165) is 11.1 Å². The van der Waals surface area contributed by atoms with E-state index in [9.17, 15) is 18.0 Å². The van der Waals surface area contributed by atoms with Crippen molar-refractivity contribution >= 4 is 21.6 Å². The molecule has 1 aromatic heterocycles. The highest BCUT2D eigenvalue weighted by atomic mass is 32.2. The molecule has 4 aromatic rings. The number of benzene rings is 3. The number of rotatable bonds is 7. The van der Waals surface area contributed by atoms with Gasteiger partial charge < -0.3 is 5.32 Å². The van der Waals surface area contributed by atoms with Gasteiger partial charge in [0, 0.05) is 45.3 Å². The highest BCUT2D eigenvalue weighted by Gasteiger charge is 2.28. The number of aromatic nitrogens is 2. The van der Waals surface area contributed by atoms with Crippen molar-refractivity contribution in [2.45, 2.75) is 25.3 Å². The van der Waals surface area contributed by atoms with Crippen LogP contribution in [0.1, 0.15) is 27.2 Å². The number of amides is 1. The number of sulfonamides is 1. The van der Waals surface area contributed by atoms with E-state index >= 15 is 0 Å². The third-order valence-electron chi connectivity index (χ3n) is 7.38. The predicted molar refractivity (Wildman–Crippen MR) is 155 cm³/mol. The lowest BCUT2D eigenvalue weighted by Gasteiger charge is -2.34. The molecule has 0 spiro atoms. The minimum atomic E-state index is -3.52. The van der Waals surface area contributed by atoms with Gasteiger partial charge in [-0.25, -0.2) is 13.1 Å². The number of aryl methyl sites for hydroxylation is 1. The number of para-hydroxylation sites is 1. The number of nitrogens with one attached hydrogen (secondary N) is 1. The van der Waals surface area contributed by atoms with Gasteiger partial charge in [-0.05, 0) is 55.8 Å². The van der Waals surface area contributed by atoms with Gasteiger partial charge >= 0.3 is 0 Å². The quantitative estimate of drug-likeness (QED) is 0.374. The molecule has 1 N–H and O–H groups in total. The van der Waals surface area contributed by atoms with Crippen molar-refractivity contribution in [1.82, 2.24) is 18.6 Å². The van der Waals surface area contributed by atoms with Gasteiger partial charge in [0.2, 0.25) is 10.0 Å². The van der Waals surface area contributed by atoms with Crippen LogP contribution in [0.2, 0.25) is 0 Å². The van der Waals surface area contributed by atoms with Gasteiger partial charge in [-0.15, -0.1) is 0 Å². The number of hydrogen-bond donors (Lipinski definition) is 1. The maximum absolute atomic E-state index is 13.2. The van der Waals surface area contributed by atoms with Gasteiger partial charge in [-0.1, -0.05) is 48.0 Å². The van der Waals surface area contributed by atoms with E-state index in [1.54, 1.807) is 36.9 Å². The molecule has 10 heteroatoms. The van der Waals surface area contributed by atoms with E-state index in [4.69, 9.17) is 0 Å². The first-order chi connectivity index (χ1) is 19.1. The molecule has 2 heterocycles. The summed E-state index contributed by atoms with van der Waals surface area (Å²) in [5.41, 5.74) is 3.72. The average molecular weight is 560 g/mol. The molecule has 40 heavy (non-hydrogen) atoms. The molecule has 1 aliphatic heterocycles. The molecular formula is C30H33N5O4S. The molecule has 0 aliphatic carbocycles. The number of nitrogens with zero attached hydrogens (tertiary/aromatic N) is 4. The Kier molecular flexibility index (Phi) is 7.75. The van der Waals surface area contributed by atoms with Gasteiger partial charge in [0.15, 0.2) is 0 Å². The molecule has 0 bridgehead atoms. The second-order valence-corrected chi connectivity index (χ2v) is 12.0. The Morgan fingerprint density at radius 3 is 2.23 bits per heavy atom. The SMILES string of the molecule is Cc1ccc(S(=O)(=O)N2CCN(Cc3cccc(C(=O)Nc4c(C)n(C)n(-c5ccccc5)c4=O)c3)CC2)cc1. The topological polar surface area (TPSA) is 96.7 Å². The predicted octanol–water partition coefficient (Wildman–Crippen LogP) is 3.55. The first-order valence-electron chi connectivity index (χ1n) is 13.2. The standard InChI is InChI=1S/C30H33N5O4S/c1-22-12-14-27(15-13-22)40(38,39)34-18-16-33(17-19-34)21-24-8-7-9-25(20-24)29(36)31-28-23(2)32(3)35(30(28)37)26-10-5-4-6-11-26/h4-15,20H,16-19,21H2,1-3H3,(H,31,36). The summed E-state index contributed by atoms with van der Waals surface area (Å²) in [6.07, 6.45) is 0. The second-order valence-electron chi connectivity index (χ2n) is 10.1. The van der Waals surface area contributed by atoms with Crippen molar-refractivity contribution in [2.24, 2.45) is 7.05 Å². The zero-order chi connectivity index (χ0) is 28.4. The van der Waals surface area contributed by atoms with Gasteiger partial charge in [-0.2, -0.15) is 4.31 Å². The Hall–Kier alpha value is -3.99. The molecule has 3 aromatic carbocycles. The highest BCUT2D eigenvalue weighted by Crippen LogP contribution is 2.20. The van der Waals surface area contributed by atoms with E-state index < -0.39 is 10.0 Å². The number of anilines is 1. The van der Waals surface area contributed by atoms with Crippen LogP contribution in [-0.4, -0.2) is 59.1 Å². The number of hydrogen-bond acceptors (Lipinski definition) is 5. The van der Waals surface area contributed by atoms with E-state index in [-0.39, 0.29) is 17.2 Å². The van der Waals surface area contributed by atoms with Gasteiger partial charge in [-0.3, -0.25) is 19.2 Å². The van der Waals surface area contributed by atoms with E-state index in [0.29, 0.717) is 54.6 Å². The average Bonchev–Trinajstić information content (AvgIpc) is 3.17. The van der Waals surface area contributed by atoms with Crippen molar-refractivity contribution in [3.8, 4) is 5.69 Å². The second kappa shape index (κ2) is 11.2. The minimum absolute atomic E-state index is 0.243. The van der Waals surface area contributed by atoms with Crippen LogP contribution in [-0.2, 0) is 23.6 Å². The molecule has 9 nitrogen and oxygen atoms in total. The summed E-state index contributed by atoms with van der Waals surface area (Å²) in [7, 11) is -1.74. The fourth-order valence-corrected chi connectivity index (χ4v) is 6.38. The normalized spacial score (nSPS) is 14.8. The van der Waals surface area contributed by atoms with Crippen LogP contribution in [0.5, 0.6) is 0 Å². The summed E-state index contributed by atoms with van der Waals surface area (Å²) in [6, 6.07) is 23.5. The first-order valence-corrected chi connectivity index (χ1v) is 14.6. The molecule has 208 valence electrons. The van der Waals surface area contributed by atoms with Crippen LogP contribution < -0.4 is 10.9 Å². The molecular weight excluding hydrogens is 526 g/mol. The molecule has 0 atom stereocenters. The molecule has 1 aliphatic rings. The molecule has 0 radical (unpaired) electrons. The monoisotopic (exact) mass is 559 g/mol. The highest BCUT2D eigenvalue weighted by molar-refractivity contribution is 7.89. The summed E-state index contributed by atoms with van der Waals surface area (Å²) in [6.45, 7) is 6.29. The van der Waals surface area contributed by atoms with E-state index in [2.05, 4.69) is 10.2 Å². The number of piperazine rings is 1. The Labute approximate surface area is 234 Å². The molecule has 1 saturated heterocycles. The molecule has 0 saturated carbocycles. The van der Waals surface area contributed by atoms with Gasteiger partial charge in [0.25, 0.3) is 11.5 Å². The van der Waals surface area contributed by atoms with Crippen molar-refractivity contribution in [2.75, 3.05) is 31.5 Å². The lowest BCUT2D eigenvalue weighted by atomic mass is 10.1. The van der Waals surface area contributed by atoms with Crippen LogP contribution >= 0.6 is 0 Å². The maximum Gasteiger partial charge on any atom is 0.295 e. The smallest absolute Gasteiger partial charge is 0.295 e. The fraction of sp³-hybridized carbons (Fsp3) is 0.267. The molecule has 0 unspecified atom stereocenters. The third-order valence-corrected chi connectivity index (χ3v) is 9.29. The summed E-state index contributed by atoms with van der Waals surface area (Å²) in [4.78, 5) is 28.9. The van der Waals surface area contributed by atoms with Gasteiger partial charge in [0.1, 0.15) is 5.69 Å². The lowest BCUT2D eigenvalue weighted by molar-refractivity contribution is 0.102. The third kappa shape index (κ3) is 5.51. The van der Waals surface area contributed by atoms with E-state index in [1.807, 2.05) is 67.6 Å².